The standard InChI is InChI=1S/C17H22N4O2/c1-3-21(2)16-10-14(19)17(23-9-8-22)11-15(16)20-13-6-4-12(18)5-7-13/h4-7,10-11,19,22H,3,8-9,18H2,1-2H3. The van der Waals surface area contributed by atoms with E-state index >= 15 is 0 Å². The molecule has 0 heterocycles. The van der Waals surface area contributed by atoms with Gasteiger partial charge in [-0.15, -0.1) is 0 Å². The van der Waals surface area contributed by atoms with Crippen LogP contribution in [0.2, 0.25) is 0 Å². The highest BCUT2D eigenvalue weighted by atomic mass is 16.5. The number of nitrogens with one attached hydrogen (secondary N) is 1. The molecule has 0 amide bonds. The summed E-state index contributed by atoms with van der Waals surface area (Å²) < 4.78 is 5.42. The topological polar surface area (TPSA) is 94.9 Å². The highest BCUT2D eigenvalue weighted by molar-refractivity contribution is 6.22. The smallest absolute Gasteiger partial charge is 0.146 e. The van der Waals surface area contributed by atoms with E-state index in [1.807, 2.05) is 31.0 Å². The van der Waals surface area contributed by atoms with E-state index in [9.17, 15) is 0 Å². The quantitative estimate of drug-likeness (QED) is 0.553. The number of nitrogens with zero attached hydrogens (tertiary/aromatic N) is 2. The minimum Gasteiger partial charge on any atom is -0.489 e. The van der Waals surface area contributed by atoms with Crippen molar-refractivity contribution in [2.45, 2.75) is 6.92 Å². The fourth-order valence-corrected chi connectivity index (χ4v) is 2.09. The van der Waals surface area contributed by atoms with Crippen molar-refractivity contribution in [2.75, 3.05) is 32.5 Å². The summed E-state index contributed by atoms with van der Waals surface area (Å²) in [6, 6.07) is 7.27. The molecule has 0 radical (unpaired) electrons. The van der Waals surface area contributed by atoms with Gasteiger partial charge in [-0.2, -0.15) is 0 Å². The van der Waals surface area contributed by atoms with Gasteiger partial charge in [-0.1, -0.05) is 0 Å². The number of hydrogen-bond acceptors (Lipinski definition) is 6. The zero-order valence-corrected chi connectivity index (χ0v) is 13.4. The number of allylic oxidation sites excluding steroid dienone is 2. The molecule has 0 spiro atoms. The number of anilines is 1. The second-order valence-corrected chi connectivity index (χ2v) is 5.13. The monoisotopic (exact) mass is 314 g/mol. The van der Waals surface area contributed by atoms with Crippen LogP contribution in [0.5, 0.6) is 0 Å². The molecular formula is C17H22N4O2. The molecule has 1 aromatic rings. The first kappa shape index (κ1) is 16.8. The Morgan fingerprint density at radius 3 is 2.57 bits per heavy atom. The Balaban J connectivity index is 2.39. The van der Waals surface area contributed by atoms with Gasteiger partial charge in [-0.3, -0.25) is 5.41 Å². The highest BCUT2D eigenvalue weighted by Gasteiger charge is 2.20. The normalized spacial score (nSPS) is 16.1. The third-order valence-corrected chi connectivity index (χ3v) is 3.45. The minimum atomic E-state index is -0.0967. The van der Waals surface area contributed by atoms with Crippen molar-refractivity contribution < 1.29 is 9.84 Å². The lowest BCUT2D eigenvalue weighted by atomic mass is 10.1. The molecule has 0 atom stereocenters. The number of nitrogen functional groups attached to an aromatic ring is 1. The van der Waals surface area contributed by atoms with Gasteiger partial charge < -0.3 is 20.5 Å². The maximum absolute atomic E-state index is 8.90. The van der Waals surface area contributed by atoms with E-state index in [4.69, 9.17) is 21.0 Å². The molecule has 23 heavy (non-hydrogen) atoms. The molecule has 122 valence electrons. The third-order valence-electron chi connectivity index (χ3n) is 3.45. The average Bonchev–Trinajstić information content (AvgIpc) is 2.56. The van der Waals surface area contributed by atoms with Crippen LogP contribution in [-0.2, 0) is 4.74 Å². The van der Waals surface area contributed by atoms with E-state index in [0.29, 0.717) is 17.2 Å². The first-order chi connectivity index (χ1) is 11.0. The van der Waals surface area contributed by atoms with Gasteiger partial charge >= 0.3 is 0 Å². The first-order valence-corrected chi connectivity index (χ1v) is 7.47. The number of nitrogens with two attached hydrogens (primary N) is 1. The van der Waals surface area contributed by atoms with Crippen LogP contribution in [0, 0.1) is 5.41 Å². The maximum atomic E-state index is 8.90. The van der Waals surface area contributed by atoms with Gasteiger partial charge in [0.1, 0.15) is 12.4 Å². The Morgan fingerprint density at radius 1 is 1.26 bits per heavy atom. The lowest BCUT2D eigenvalue weighted by Crippen LogP contribution is -2.27. The molecule has 0 aromatic heterocycles. The molecule has 4 N–H and O–H groups in total. The Labute approximate surface area is 136 Å². The molecule has 1 aliphatic carbocycles. The molecule has 0 saturated heterocycles. The predicted molar refractivity (Wildman–Crippen MR) is 93.2 cm³/mol. The molecule has 0 fully saturated rings. The summed E-state index contributed by atoms with van der Waals surface area (Å²) in [4.78, 5) is 6.66. The predicted octanol–water partition coefficient (Wildman–Crippen LogP) is 2.10. The van der Waals surface area contributed by atoms with Gasteiger partial charge in [0, 0.05) is 25.4 Å². The third kappa shape index (κ3) is 4.20. The van der Waals surface area contributed by atoms with Gasteiger partial charge in [0.05, 0.1) is 29.4 Å². The van der Waals surface area contributed by atoms with Crippen LogP contribution in [0.3, 0.4) is 0 Å². The molecule has 0 aliphatic heterocycles. The van der Waals surface area contributed by atoms with Crippen molar-refractivity contribution in [2.24, 2.45) is 4.99 Å². The zero-order valence-electron chi connectivity index (χ0n) is 13.4. The second kappa shape index (κ2) is 7.60. The second-order valence-electron chi connectivity index (χ2n) is 5.13. The molecule has 1 aliphatic rings. The molecule has 0 bridgehead atoms. The Hall–Kier alpha value is -2.60. The fraction of sp³-hybridized carbons (Fsp3) is 0.294. The van der Waals surface area contributed by atoms with E-state index in [-0.39, 0.29) is 18.9 Å². The number of rotatable bonds is 6. The van der Waals surface area contributed by atoms with E-state index in [2.05, 4.69) is 4.99 Å². The molecule has 6 nitrogen and oxygen atoms in total. The van der Waals surface area contributed by atoms with E-state index < -0.39 is 0 Å². The number of aliphatic hydroxyl groups excluding tert-OH is 1. The van der Waals surface area contributed by atoms with Crippen molar-refractivity contribution in [1.29, 1.82) is 5.41 Å². The summed E-state index contributed by atoms with van der Waals surface area (Å²) in [6.07, 6.45) is 3.46. The van der Waals surface area contributed by atoms with Crippen LogP contribution >= 0.6 is 0 Å². The summed E-state index contributed by atoms with van der Waals surface area (Å²) in [5, 5.41) is 17.0. The van der Waals surface area contributed by atoms with Crippen LogP contribution in [0.15, 0.2) is 52.9 Å². The van der Waals surface area contributed by atoms with Gasteiger partial charge in [-0.05, 0) is 37.3 Å². The zero-order chi connectivity index (χ0) is 16.8. The van der Waals surface area contributed by atoms with Crippen LogP contribution < -0.4 is 5.73 Å². The molecule has 0 saturated carbocycles. The molecule has 6 heteroatoms. The van der Waals surface area contributed by atoms with Gasteiger partial charge in [0.15, 0.2) is 0 Å². The van der Waals surface area contributed by atoms with Crippen molar-refractivity contribution in [1.82, 2.24) is 4.90 Å². The minimum absolute atomic E-state index is 0.0967. The van der Waals surface area contributed by atoms with Crippen LogP contribution in [-0.4, -0.2) is 48.2 Å². The Kier molecular flexibility index (Phi) is 5.54. The summed E-state index contributed by atoms with van der Waals surface area (Å²) in [5.74, 6) is 0.404. The lowest BCUT2D eigenvalue weighted by Gasteiger charge is -2.25. The molecule has 0 unspecified atom stereocenters. The summed E-state index contributed by atoms with van der Waals surface area (Å²) in [6.45, 7) is 2.88. The van der Waals surface area contributed by atoms with Crippen LogP contribution in [0.25, 0.3) is 0 Å². The molecule has 2 rings (SSSR count). The van der Waals surface area contributed by atoms with Gasteiger partial charge in [0.2, 0.25) is 0 Å². The number of benzene rings is 1. The number of aliphatic imine (C=N–C) groups is 1. The van der Waals surface area contributed by atoms with Crippen molar-refractivity contribution in [3.8, 4) is 0 Å². The van der Waals surface area contributed by atoms with E-state index in [1.165, 1.54) is 0 Å². The largest absolute Gasteiger partial charge is 0.489 e. The fourth-order valence-electron chi connectivity index (χ4n) is 2.09. The summed E-state index contributed by atoms with van der Waals surface area (Å²) in [7, 11) is 1.95. The molecule has 1 aromatic carbocycles. The van der Waals surface area contributed by atoms with E-state index in [0.717, 1.165) is 17.9 Å². The summed E-state index contributed by atoms with van der Waals surface area (Å²) in [5.41, 5.74) is 8.99. The number of aliphatic hydroxyl groups is 1. The Morgan fingerprint density at radius 2 is 1.96 bits per heavy atom. The average molecular weight is 314 g/mol. The van der Waals surface area contributed by atoms with Gasteiger partial charge in [-0.25, -0.2) is 4.99 Å². The van der Waals surface area contributed by atoms with Crippen molar-refractivity contribution in [3.05, 3.63) is 47.9 Å². The van der Waals surface area contributed by atoms with Crippen molar-refractivity contribution >= 4 is 22.8 Å². The van der Waals surface area contributed by atoms with Gasteiger partial charge in [0.25, 0.3) is 0 Å². The van der Waals surface area contributed by atoms with Crippen LogP contribution in [0.1, 0.15) is 6.92 Å². The maximum Gasteiger partial charge on any atom is 0.146 e. The lowest BCUT2D eigenvalue weighted by molar-refractivity contribution is 0.156. The Bertz CT molecular complexity index is 660. The summed E-state index contributed by atoms with van der Waals surface area (Å²) >= 11 is 0. The van der Waals surface area contributed by atoms with E-state index in [1.54, 1.807) is 24.3 Å². The first-order valence-electron chi connectivity index (χ1n) is 7.47. The van der Waals surface area contributed by atoms with Crippen LogP contribution in [0.4, 0.5) is 11.4 Å². The molecular weight excluding hydrogens is 292 g/mol. The highest BCUT2D eigenvalue weighted by Crippen LogP contribution is 2.21. The number of ether oxygens (including phenoxy) is 1. The van der Waals surface area contributed by atoms with Crippen molar-refractivity contribution in [3.63, 3.8) is 0 Å². The SMILES string of the molecule is CCN(C)C1=CC(=N)C(OCCO)=CC1=Nc1ccc(N)cc1. The number of hydrogen-bond donors (Lipinski definition) is 3.